The van der Waals surface area contributed by atoms with Crippen LogP contribution in [0.5, 0.6) is 0 Å². The first-order chi connectivity index (χ1) is 8.78. The molecule has 1 aromatic rings. The molecule has 1 saturated carbocycles. The number of anilines is 1. The number of nitrogens with one attached hydrogen (secondary N) is 1. The normalized spacial score (nSPS) is 16.5. The fourth-order valence-electron chi connectivity index (χ4n) is 2.60. The van der Waals surface area contributed by atoms with E-state index >= 15 is 0 Å². The van der Waals surface area contributed by atoms with Crippen LogP contribution in [0.15, 0.2) is 24.3 Å². The molecule has 1 aromatic carbocycles. The summed E-state index contributed by atoms with van der Waals surface area (Å²) in [4.78, 5) is 12.0. The molecule has 1 amide bonds. The lowest BCUT2D eigenvalue weighted by molar-refractivity contribution is -0.117. The van der Waals surface area contributed by atoms with Crippen molar-refractivity contribution in [2.24, 2.45) is 5.92 Å². The van der Waals surface area contributed by atoms with Crippen LogP contribution < -0.4 is 5.32 Å². The lowest BCUT2D eigenvalue weighted by Crippen LogP contribution is -2.18. The van der Waals surface area contributed by atoms with E-state index in [1.165, 1.54) is 37.7 Å². The van der Waals surface area contributed by atoms with Crippen molar-refractivity contribution in [1.29, 1.82) is 0 Å². The van der Waals surface area contributed by atoms with Gasteiger partial charge in [0, 0.05) is 17.4 Å². The summed E-state index contributed by atoms with van der Waals surface area (Å²) in [6, 6.07) is 8.00. The fourth-order valence-corrected chi connectivity index (χ4v) is 2.95. The predicted molar refractivity (Wildman–Crippen MR) is 78.9 cm³/mol. The van der Waals surface area contributed by atoms with E-state index in [9.17, 15) is 4.79 Å². The highest BCUT2D eigenvalue weighted by molar-refractivity contribution is 9.08. The summed E-state index contributed by atoms with van der Waals surface area (Å²) in [5, 5.41) is 3.82. The number of carbonyl (C=O) groups is 1. The summed E-state index contributed by atoms with van der Waals surface area (Å²) in [7, 11) is 0. The van der Waals surface area contributed by atoms with Gasteiger partial charge in [-0.05, 0) is 36.5 Å². The predicted octanol–water partition coefficient (Wildman–Crippen LogP) is 4.49. The van der Waals surface area contributed by atoms with Crippen molar-refractivity contribution in [3.8, 4) is 0 Å². The Balaban J connectivity index is 1.85. The Morgan fingerprint density at radius 2 is 2.06 bits per heavy atom. The molecule has 0 heterocycles. The second-order valence-electron chi connectivity index (χ2n) is 5.09. The third kappa shape index (κ3) is 4.13. The van der Waals surface area contributed by atoms with Crippen molar-refractivity contribution < 1.29 is 4.79 Å². The lowest BCUT2D eigenvalue weighted by atomic mass is 9.87. The molecule has 0 unspecified atom stereocenters. The number of hydrogen-bond acceptors (Lipinski definition) is 1. The van der Waals surface area contributed by atoms with Gasteiger partial charge in [0.05, 0.1) is 0 Å². The third-order valence-electron chi connectivity index (χ3n) is 3.56. The number of benzene rings is 1. The van der Waals surface area contributed by atoms with E-state index in [-0.39, 0.29) is 5.91 Å². The lowest BCUT2D eigenvalue weighted by Gasteiger charge is -2.20. The second-order valence-corrected chi connectivity index (χ2v) is 5.65. The van der Waals surface area contributed by atoms with Crippen LogP contribution in [0.3, 0.4) is 0 Å². The summed E-state index contributed by atoms with van der Waals surface area (Å²) in [5.41, 5.74) is 2.10. The van der Waals surface area contributed by atoms with Gasteiger partial charge in [-0.1, -0.05) is 47.3 Å². The highest BCUT2D eigenvalue weighted by Gasteiger charge is 2.16. The van der Waals surface area contributed by atoms with E-state index < -0.39 is 0 Å². The second kappa shape index (κ2) is 6.93. The van der Waals surface area contributed by atoms with Crippen LogP contribution in [0.25, 0.3) is 0 Å². The van der Waals surface area contributed by atoms with Crippen LogP contribution in [-0.2, 0) is 10.1 Å². The standard InChI is InChI=1S/C15H20BrNO/c16-11-13-7-4-8-14(9-13)17-15(18)10-12-5-2-1-3-6-12/h4,7-9,12H,1-3,5-6,10-11H2,(H,17,18). The Morgan fingerprint density at radius 1 is 1.28 bits per heavy atom. The van der Waals surface area contributed by atoms with Gasteiger partial charge in [-0.3, -0.25) is 4.79 Å². The van der Waals surface area contributed by atoms with Gasteiger partial charge in [-0.2, -0.15) is 0 Å². The molecule has 1 aliphatic carbocycles. The Kier molecular flexibility index (Phi) is 5.24. The van der Waals surface area contributed by atoms with Crippen molar-refractivity contribution in [3.05, 3.63) is 29.8 Å². The summed E-state index contributed by atoms with van der Waals surface area (Å²) in [5.74, 6) is 0.756. The number of carbonyl (C=O) groups excluding carboxylic acids is 1. The molecule has 2 nitrogen and oxygen atoms in total. The van der Waals surface area contributed by atoms with Gasteiger partial charge in [-0.15, -0.1) is 0 Å². The molecule has 98 valence electrons. The largest absolute Gasteiger partial charge is 0.326 e. The van der Waals surface area contributed by atoms with Crippen molar-refractivity contribution in [1.82, 2.24) is 0 Å². The molecule has 0 bridgehead atoms. The summed E-state index contributed by atoms with van der Waals surface area (Å²) in [6.45, 7) is 0. The third-order valence-corrected chi connectivity index (χ3v) is 4.21. The molecule has 18 heavy (non-hydrogen) atoms. The molecule has 0 radical (unpaired) electrons. The van der Waals surface area contributed by atoms with Gasteiger partial charge in [0.1, 0.15) is 0 Å². The number of alkyl halides is 1. The van der Waals surface area contributed by atoms with E-state index in [4.69, 9.17) is 0 Å². The molecule has 1 N–H and O–H groups in total. The molecule has 0 aliphatic heterocycles. The molecular weight excluding hydrogens is 290 g/mol. The summed E-state index contributed by atoms with van der Waals surface area (Å²) >= 11 is 3.42. The first-order valence-electron chi connectivity index (χ1n) is 6.72. The highest BCUT2D eigenvalue weighted by Crippen LogP contribution is 2.26. The van der Waals surface area contributed by atoms with Gasteiger partial charge in [-0.25, -0.2) is 0 Å². The number of halogens is 1. The van der Waals surface area contributed by atoms with E-state index in [1.807, 2.05) is 24.3 Å². The van der Waals surface area contributed by atoms with Crippen LogP contribution in [-0.4, -0.2) is 5.91 Å². The van der Waals surface area contributed by atoms with E-state index in [2.05, 4.69) is 21.2 Å². The summed E-state index contributed by atoms with van der Waals surface area (Å²) in [6.07, 6.45) is 7.03. The van der Waals surface area contributed by atoms with Crippen molar-refractivity contribution in [2.45, 2.75) is 43.9 Å². The maximum atomic E-state index is 12.0. The Morgan fingerprint density at radius 3 is 2.78 bits per heavy atom. The van der Waals surface area contributed by atoms with Crippen LogP contribution in [0.2, 0.25) is 0 Å². The zero-order valence-corrected chi connectivity index (χ0v) is 12.2. The van der Waals surface area contributed by atoms with Crippen LogP contribution >= 0.6 is 15.9 Å². The van der Waals surface area contributed by atoms with E-state index in [0.717, 1.165) is 11.0 Å². The number of hydrogen-bond donors (Lipinski definition) is 1. The maximum Gasteiger partial charge on any atom is 0.224 e. The first-order valence-corrected chi connectivity index (χ1v) is 7.85. The van der Waals surface area contributed by atoms with Crippen molar-refractivity contribution >= 4 is 27.5 Å². The number of amides is 1. The quantitative estimate of drug-likeness (QED) is 0.816. The minimum atomic E-state index is 0.161. The van der Waals surface area contributed by atoms with Crippen LogP contribution in [0, 0.1) is 5.92 Å². The monoisotopic (exact) mass is 309 g/mol. The zero-order valence-electron chi connectivity index (χ0n) is 10.6. The molecule has 2 rings (SSSR count). The molecule has 0 spiro atoms. The van der Waals surface area contributed by atoms with Crippen LogP contribution in [0.1, 0.15) is 44.1 Å². The molecule has 1 fully saturated rings. The molecule has 3 heteroatoms. The molecule has 0 aromatic heterocycles. The van der Waals surface area contributed by atoms with Gasteiger partial charge in [0.25, 0.3) is 0 Å². The average molecular weight is 310 g/mol. The summed E-state index contributed by atoms with van der Waals surface area (Å²) < 4.78 is 0. The average Bonchev–Trinajstić information content (AvgIpc) is 2.40. The molecule has 0 atom stereocenters. The SMILES string of the molecule is O=C(CC1CCCCC1)Nc1cccc(CBr)c1. The number of rotatable bonds is 4. The fraction of sp³-hybridized carbons (Fsp3) is 0.533. The topological polar surface area (TPSA) is 29.1 Å². The smallest absolute Gasteiger partial charge is 0.224 e. The minimum absolute atomic E-state index is 0.161. The van der Waals surface area contributed by atoms with E-state index in [1.54, 1.807) is 0 Å². The van der Waals surface area contributed by atoms with Gasteiger partial charge in [0.15, 0.2) is 0 Å². The van der Waals surface area contributed by atoms with Gasteiger partial charge in [0.2, 0.25) is 5.91 Å². The van der Waals surface area contributed by atoms with E-state index in [0.29, 0.717) is 12.3 Å². The highest BCUT2D eigenvalue weighted by atomic mass is 79.9. The zero-order chi connectivity index (χ0) is 12.8. The Hall–Kier alpha value is -0.830. The maximum absolute atomic E-state index is 12.0. The van der Waals surface area contributed by atoms with Gasteiger partial charge >= 0.3 is 0 Å². The van der Waals surface area contributed by atoms with Crippen molar-refractivity contribution in [3.63, 3.8) is 0 Å². The minimum Gasteiger partial charge on any atom is -0.326 e. The van der Waals surface area contributed by atoms with Crippen LogP contribution in [0.4, 0.5) is 5.69 Å². The molecule has 0 saturated heterocycles. The molecule has 1 aliphatic rings. The molecular formula is C15H20BrNO. The van der Waals surface area contributed by atoms with Gasteiger partial charge < -0.3 is 5.32 Å². The first kappa shape index (κ1) is 13.6. The Labute approximate surface area is 117 Å². The Bertz CT molecular complexity index is 399. The van der Waals surface area contributed by atoms with Crippen molar-refractivity contribution in [2.75, 3.05) is 5.32 Å².